The lowest BCUT2D eigenvalue weighted by molar-refractivity contribution is -0.370. The minimum absolute atomic E-state index is 0.0247. The monoisotopic (exact) mass is 494 g/mol. The van der Waals surface area contributed by atoms with Crippen LogP contribution in [0.15, 0.2) is 42.5 Å². The molecule has 0 spiro atoms. The molecule has 2 aromatic rings. The molecule has 10 heteroatoms. The van der Waals surface area contributed by atoms with Crippen molar-refractivity contribution in [2.75, 3.05) is 0 Å². The van der Waals surface area contributed by atoms with Crippen LogP contribution in [0.5, 0.6) is 5.75 Å². The summed E-state index contributed by atoms with van der Waals surface area (Å²) in [5.41, 5.74) is -2.11. The second-order valence-electron chi connectivity index (χ2n) is 8.13. The number of hydrogen-bond acceptors (Lipinski definition) is 4. The van der Waals surface area contributed by atoms with Gasteiger partial charge in [0.05, 0.1) is 13.2 Å². The Morgan fingerprint density at radius 2 is 1.53 bits per heavy atom. The fraction of sp³-hybridized carbons (Fsp3) is 0.500. The smallest absolute Gasteiger partial charge is 0.426 e. The number of ether oxygens (including phenoxy) is 1. The molecule has 4 nitrogen and oxygen atoms in total. The van der Waals surface area contributed by atoms with Crippen LogP contribution >= 0.6 is 0 Å². The maximum atomic E-state index is 12.9. The Morgan fingerprint density at radius 3 is 2.09 bits per heavy atom. The van der Waals surface area contributed by atoms with E-state index in [2.05, 4.69) is 0 Å². The number of aliphatic hydroxyl groups excluding tert-OH is 2. The topological polar surface area (TPSA) is 69.9 Å². The van der Waals surface area contributed by atoms with Gasteiger partial charge in [0.1, 0.15) is 12.4 Å². The first kappa shape index (κ1) is 27.9. The normalized spacial score (nSPS) is 13.7. The Kier molecular flexibility index (Phi) is 9.38. The average Bonchev–Trinajstić information content (AvgIpc) is 2.78. The quantitative estimate of drug-likeness (QED) is 0.347. The summed E-state index contributed by atoms with van der Waals surface area (Å²) in [4.78, 5) is 0. The molecule has 0 aliphatic heterocycles. The highest BCUT2D eigenvalue weighted by molar-refractivity contribution is 5.33. The summed E-state index contributed by atoms with van der Waals surface area (Å²) >= 11 is 0. The number of rotatable bonds is 11. The van der Waals surface area contributed by atoms with Gasteiger partial charge in [-0.15, -0.1) is 0 Å². The number of aliphatic hydroxyl groups is 3. The highest BCUT2D eigenvalue weighted by atomic mass is 19.4. The SMILES string of the molecule is CCC(CCCC(O)(C(F)(F)F)C(F)(F)F)c1cccc(OCc2ccc(CO)c(CO)c2)c1. The summed E-state index contributed by atoms with van der Waals surface area (Å²) in [5.74, 6) is 0.147. The Balaban J connectivity index is 2.05. The van der Waals surface area contributed by atoms with Crippen LogP contribution in [0.1, 0.15) is 60.8 Å². The minimum Gasteiger partial charge on any atom is -0.489 e. The molecule has 0 heterocycles. The predicted molar refractivity (Wildman–Crippen MR) is 113 cm³/mol. The largest absolute Gasteiger partial charge is 0.489 e. The third kappa shape index (κ3) is 6.64. The summed E-state index contributed by atoms with van der Waals surface area (Å²) in [6, 6.07) is 11.9. The molecule has 0 aliphatic rings. The second-order valence-corrected chi connectivity index (χ2v) is 8.13. The Bertz CT molecular complexity index is 912. The molecular formula is C24H28F6O4. The van der Waals surface area contributed by atoms with E-state index in [1.165, 1.54) is 0 Å². The molecule has 0 saturated heterocycles. The van der Waals surface area contributed by atoms with Crippen LogP contribution in [0, 0.1) is 0 Å². The fourth-order valence-corrected chi connectivity index (χ4v) is 3.75. The van der Waals surface area contributed by atoms with Gasteiger partial charge in [-0.1, -0.05) is 31.2 Å². The number of halogens is 6. The van der Waals surface area contributed by atoms with Gasteiger partial charge in [-0.3, -0.25) is 0 Å². The van der Waals surface area contributed by atoms with Crippen LogP contribution < -0.4 is 4.74 Å². The van der Waals surface area contributed by atoms with Crippen molar-refractivity contribution in [2.45, 2.75) is 76.3 Å². The van der Waals surface area contributed by atoms with Crippen molar-refractivity contribution in [2.24, 2.45) is 0 Å². The molecule has 0 saturated carbocycles. The van der Waals surface area contributed by atoms with E-state index in [-0.39, 0.29) is 32.2 Å². The van der Waals surface area contributed by atoms with Crippen LogP contribution in [0.2, 0.25) is 0 Å². The zero-order chi connectivity index (χ0) is 25.6. The lowest BCUT2D eigenvalue weighted by atomic mass is 9.87. The van der Waals surface area contributed by atoms with Gasteiger partial charge in [-0.2, -0.15) is 26.3 Å². The van der Waals surface area contributed by atoms with Gasteiger partial charge in [0, 0.05) is 0 Å². The van der Waals surface area contributed by atoms with Gasteiger partial charge in [-0.25, -0.2) is 0 Å². The van der Waals surface area contributed by atoms with E-state index in [4.69, 9.17) is 4.74 Å². The molecular weight excluding hydrogens is 466 g/mol. The number of alkyl halides is 6. The van der Waals surface area contributed by atoms with E-state index in [0.29, 0.717) is 28.9 Å². The lowest BCUT2D eigenvalue weighted by Gasteiger charge is -2.32. The van der Waals surface area contributed by atoms with Crippen molar-refractivity contribution in [3.63, 3.8) is 0 Å². The molecule has 2 rings (SSSR count). The van der Waals surface area contributed by atoms with Crippen molar-refractivity contribution in [3.8, 4) is 5.75 Å². The molecule has 3 N–H and O–H groups in total. The third-order valence-electron chi connectivity index (χ3n) is 5.87. The fourth-order valence-electron chi connectivity index (χ4n) is 3.75. The first-order valence-corrected chi connectivity index (χ1v) is 10.8. The summed E-state index contributed by atoms with van der Waals surface area (Å²) in [5, 5.41) is 28.0. The van der Waals surface area contributed by atoms with E-state index in [1.54, 1.807) is 49.4 Å². The highest BCUT2D eigenvalue weighted by Gasteiger charge is 2.69. The Hall–Kier alpha value is -2.30. The zero-order valence-corrected chi connectivity index (χ0v) is 18.6. The van der Waals surface area contributed by atoms with Gasteiger partial charge in [-0.05, 0) is 72.1 Å². The van der Waals surface area contributed by atoms with E-state index in [1.807, 2.05) is 0 Å². The molecule has 0 aliphatic carbocycles. The first-order chi connectivity index (χ1) is 15.9. The molecule has 190 valence electrons. The van der Waals surface area contributed by atoms with E-state index in [9.17, 15) is 41.7 Å². The highest BCUT2D eigenvalue weighted by Crippen LogP contribution is 2.46. The van der Waals surface area contributed by atoms with Gasteiger partial charge in [0.15, 0.2) is 0 Å². The molecule has 0 amide bonds. The Labute approximate surface area is 193 Å². The second kappa shape index (κ2) is 11.4. The van der Waals surface area contributed by atoms with Crippen LogP contribution in [0.3, 0.4) is 0 Å². The van der Waals surface area contributed by atoms with Crippen molar-refractivity contribution in [1.29, 1.82) is 0 Å². The maximum Gasteiger partial charge on any atom is 0.426 e. The summed E-state index contributed by atoms with van der Waals surface area (Å²) in [7, 11) is 0. The number of hydrogen-bond donors (Lipinski definition) is 3. The van der Waals surface area contributed by atoms with E-state index in [0.717, 1.165) is 5.56 Å². The molecule has 1 unspecified atom stereocenters. The summed E-state index contributed by atoms with van der Waals surface area (Å²) in [6.45, 7) is 1.48. The van der Waals surface area contributed by atoms with Crippen molar-refractivity contribution in [3.05, 3.63) is 64.7 Å². The molecule has 1 atom stereocenters. The van der Waals surface area contributed by atoms with Crippen molar-refractivity contribution >= 4 is 0 Å². The van der Waals surface area contributed by atoms with Gasteiger partial charge >= 0.3 is 12.4 Å². The predicted octanol–water partition coefficient (Wildman–Crippen LogP) is 5.77. The average molecular weight is 494 g/mol. The molecule has 0 bridgehead atoms. The molecule has 34 heavy (non-hydrogen) atoms. The van der Waals surface area contributed by atoms with E-state index >= 15 is 0 Å². The van der Waals surface area contributed by atoms with Crippen LogP contribution in [0.4, 0.5) is 26.3 Å². The third-order valence-corrected chi connectivity index (χ3v) is 5.87. The van der Waals surface area contributed by atoms with Crippen molar-refractivity contribution < 1.29 is 46.4 Å². The van der Waals surface area contributed by atoms with E-state index < -0.39 is 30.8 Å². The van der Waals surface area contributed by atoms with Gasteiger partial charge < -0.3 is 20.1 Å². The molecule has 0 fully saturated rings. The Morgan fingerprint density at radius 1 is 0.882 bits per heavy atom. The van der Waals surface area contributed by atoms with Gasteiger partial charge in [0.2, 0.25) is 0 Å². The first-order valence-electron chi connectivity index (χ1n) is 10.8. The van der Waals surface area contributed by atoms with Crippen LogP contribution in [0.25, 0.3) is 0 Å². The van der Waals surface area contributed by atoms with Crippen molar-refractivity contribution in [1.82, 2.24) is 0 Å². The lowest BCUT2D eigenvalue weighted by Crippen LogP contribution is -2.56. The molecule has 2 aromatic carbocycles. The summed E-state index contributed by atoms with van der Waals surface area (Å²) < 4.78 is 83.1. The maximum absolute atomic E-state index is 12.9. The molecule has 0 aromatic heterocycles. The molecule has 0 radical (unpaired) electrons. The number of benzene rings is 2. The summed E-state index contributed by atoms with van der Waals surface area (Å²) in [6.07, 6.45) is -13.1. The van der Waals surface area contributed by atoms with Gasteiger partial charge in [0.25, 0.3) is 5.60 Å². The van der Waals surface area contributed by atoms with Crippen LogP contribution in [-0.2, 0) is 19.8 Å². The standard InChI is InChI=1S/C24H28F6O4/c1-2-17(6-4-10-22(33,23(25,26)27)24(28,29)30)18-5-3-7-21(12-18)34-15-16-8-9-19(13-31)20(11-16)14-32/h3,5,7-9,11-12,17,31-33H,2,4,6,10,13-15H2,1H3. The van der Waals surface area contributed by atoms with Crippen LogP contribution in [-0.4, -0.2) is 33.3 Å². The minimum atomic E-state index is -5.81. The zero-order valence-electron chi connectivity index (χ0n) is 18.6.